The molecule has 1 aliphatic rings. The highest BCUT2D eigenvalue weighted by Crippen LogP contribution is 2.27. The van der Waals surface area contributed by atoms with Crippen molar-refractivity contribution < 1.29 is 0 Å². The van der Waals surface area contributed by atoms with Crippen LogP contribution in [0.15, 0.2) is 36.5 Å². The molecule has 0 saturated carbocycles. The fourth-order valence-electron chi connectivity index (χ4n) is 3.13. The van der Waals surface area contributed by atoms with E-state index in [2.05, 4.69) is 31.2 Å². The Morgan fingerprint density at radius 2 is 2.15 bits per heavy atom. The van der Waals surface area contributed by atoms with Gasteiger partial charge in [-0.15, -0.1) is 0 Å². The SMILES string of the molecule is N#Cc1cc(N)cc(Nc2nc(N3CCC(N)C3)c3ncccc3n2)c1. The third kappa shape index (κ3) is 3.08. The Balaban J connectivity index is 1.76. The lowest BCUT2D eigenvalue weighted by molar-refractivity contribution is 0.751. The molecular formula is C18H18N8. The number of anilines is 4. The van der Waals surface area contributed by atoms with Crippen molar-refractivity contribution in [1.82, 2.24) is 15.0 Å². The Morgan fingerprint density at radius 3 is 2.92 bits per heavy atom. The number of hydrogen-bond acceptors (Lipinski definition) is 8. The van der Waals surface area contributed by atoms with E-state index < -0.39 is 0 Å². The van der Waals surface area contributed by atoms with Crippen LogP contribution in [-0.2, 0) is 0 Å². The van der Waals surface area contributed by atoms with Crippen molar-refractivity contribution in [3.05, 3.63) is 42.1 Å². The average molecular weight is 346 g/mol. The van der Waals surface area contributed by atoms with Gasteiger partial charge in [0.2, 0.25) is 5.95 Å². The molecule has 1 unspecified atom stereocenters. The van der Waals surface area contributed by atoms with Crippen molar-refractivity contribution >= 4 is 34.2 Å². The van der Waals surface area contributed by atoms with E-state index in [1.807, 2.05) is 12.1 Å². The number of nitrogens with two attached hydrogens (primary N) is 2. The maximum absolute atomic E-state index is 9.12. The fraction of sp³-hybridized carbons (Fsp3) is 0.222. The van der Waals surface area contributed by atoms with Crippen LogP contribution in [0.4, 0.5) is 23.1 Å². The van der Waals surface area contributed by atoms with Gasteiger partial charge in [-0.3, -0.25) is 4.98 Å². The molecule has 4 rings (SSSR count). The normalized spacial score (nSPS) is 16.6. The van der Waals surface area contributed by atoms with Crippen molar-refractivity contribution in [1.29, 1.82) is 5.26 Å². The molecule has 0 radical (unpaired) electrons. The number of nitrogens with one attached hydrogen (secondary N) is 1. The maximum atomic E-state index is 9.12. The number of pyridine rings is 1. The molecule has 8 heteroatoms. The first-order chi connectivity index (χ1) is 12.6. The molecule has 1 fully saturated rings. The molecule has 3 heterocycles. The number of nitrogen functional groups attached to an aromatic ring is 1. The molecule has 2 aromatic heterocycles. The summed E-state index contributed by atoms with van der Waals surface area (Å²) in [6.45, 7) is 1.57. The highest BCUT2D eigenvalue weighted by molar-refractivity contribution is 5.87. The first-order valence-electron chi connectivity index (χ1n) is 8.33. The van der Waals surface area contributed by atoms with Gasteiger partial charge in [0.25, 0.3) is 0 Å². The van der Waals surface area contributed by atoms with Crippen LogP contribution in [0, 0.1) is 11.3 Å². The van der Waals surface area contributed by atoms with Crippen molar-refractivity contribution in [3.8, 4) is 6.07 Å². The molecule has 3 aromatic rings. The smallest absolute Gasteiger partial charge is 0.229 e. The predicted molar refractivity (Wildman–Crippen MR) is 101 cm³/mol. The molecule has 1 aromatic carbocycles. The van der Waals surface area contributed by atoms with Gasteiger partial charge in [0.15, 0.2) is 5.82 Å². The van der Waals surface area contributed by atoms with Crippen molar-refractivity contribution in [2.75, 3.05) is 29.0 Å². The molecule has 5 N–H and O–H groups in total. The molecule has 0 spiro atoms. The van der Waals surface area contributed by atoms with E-state index >= 15 is 0 Å². The summed E-state index contributed by atoms with van der Waals surface area (Å²) >= 11 is 0. The van der Waals surface area contributed by atoms with Crippen molar-refractivity contribution in [2.24, 2.45) is 5.73 Å². The zero-order chi connectivity index (χ0) is 18.1. The topological polar surface area (TPSA) is 130 Å². The van der Waals surface area contributed by atoms with Gasteiger partial charge in [-0.25, -0.2) is 4.98 Å². The van der Waals surface area contributed by atoms with Gasteiger partial charge in [-0.2, -0.15) is 10.2 Å². The average Bonchev–Trinajstić information content (AvgIpc) is 3.06. The highest BCUT2D eigenvalue weighted by atomic mass is 15.3. The molecule has 0 amide bonds. The quantitative estimate of drug-likeness (QED) is 0.612. The van der Waals surface area contributed by atoms with Gasteiger partial charge >= 0.3 is 0 Å². The lowest BCUT2D eigenvalue weighted by Crippen LogP contribution is -2.27. The summed E-state index contributed by atoms with van der Waals surface area (Å²) in [6.07, 6.45) is 2.65. The number of rotatable bonds is 3. The first-order valence-corrected chi connectivity index (χ1v) is 8.33. The monoisotopic (exact) mass is 346 g/mol. The number of aromatic nitrogens is 3. The summed E-state index contributed by atoms with van der Waals surface area (Å²) in [6, 6.07) is 11.0. The van der Waals surface area contributed by atoms with Crippen LogP contribution < -0.4 is 21.7 Å². The second-order valence-electron chi connectivity index (χ2n) is 6.32. The first kappa shape index (κ1) is 16.1. The van der Waals surface area contributed by atoms with Crippen LogP contribution in [0.2, 0.25) is 0 Å². The number of nitrogens with zero attached hydrogens (tertiary/aromatic N) is 5. The van der Waals surface area contributed by atoms with E-state index in [0.717, 1.165) is 36.4 Å². The number of nitriles is 1. The van der Waals surface area contributed by atoms with Gasteiger partial charge in [-0.1, -0.05) is 0 Å². The van der Waals surface area contributed by atoms with Gasteiger partial charge in [0, 0.05) is 36.7 Å². The standard InChI is InChI=1S/C18H18N8/c19-9-11-6-13(21)8-14(7-11)23-18-24-15-2-1-4-22-16(15)17(25-18)26-5-3-12(20)10-26/h1-2,4,6-8,12H,3,5,10,20-21H2,(H,23,24,25). The number of fused-ring (bicyclic) bond motifs is 1. The second kappa shape index (κ2) is 6.46. The maximum Gasteiger partial charge on any atom is 0.229 e. The van der Waals surface area contributed by atoms with E-state index in [9.17, 15) is 0 Å². The zero-order valence-electron chi connectivity index (χ0n) is 14.1. The van der Waals surface area contributed by atoms with Crippen LogP contribution in [-0.4, -0.2) is 34.1 Å². The van der Waals surface area contributed by atoms with E-state index in [0.29, 0.717) is 22.9 Å². The van der Waals surface area contributed by atoms with E-state index in [-0.39, 0.29) is 6.04 Å². The molecule has 0 bridgehead atoms. The van der Waals surface area contributed by atoms with Gasteiger partial charge in [0.1, 0.15) is 5.52 Å². The molecule has 0 aliphatic carbocycles. The lowest BCUT2D eigenvalue weighted by Gasteiger charge is -2.19. The molecule has 1 atom stereocenters. The minimum atomic E-state index is 0.132. The summed E-state index contributed by atoms with van der Waals surface area (Å²) in [5.74, 6) is 1.19. The van der Waals surface area contributed by atoms with E-state index in [4.69, 9.17) is 16.7 Å². The van der Waals surface area contributed by atoms with Gasteiger partial charge in [0.05, 0.1) is 17.1 Å². The molecule has 1 aliphatic heterocycles. The minimum Gasteiger partial charge on any atom is -0.399 e. The Hall–Kier alpha value is -3.44. The zero-order valence-corrected chi connectivity index (χ0v) is 14.1. The molecule has 130 valence electrons. The summed E-state index contributed by atoms with van der Waals surface area (Å²) in [7, 11) is 0. The predicted octanol–water partition coefficient (Wildman–Crippen LogP) is 1.76. The van der Waals surface area contributed by atoms with Crippen LogP contribution in [0.5, 0.6) is 0 Å². The van der Waals surface area contributed by atoms with Crippen molar-refractivity contribution in [2.45, 2.75) is 12.5 Å². The summed E-state index contributed by atoms with van der Waals surface area (Å²) in [5.41, 5.74) is 15.0. The molecular weight excluding hydrogens is 328 g/mol. The number of benzene rings is 1. The summed E-state index contributed by atoms with van der Waals surface area (Å²) < 4.78 is 0. The highest BCUT2D eigenvalue weighted by Gasteiger charge is 2.23. The fourth-order valence-corrected chi connectivity index (χ4v) is 3.13. The molecule has 1 saturated heterocycles. The van der Waals surface area contributed by atoms with E-state index in [1.165, 1.54) is 0 Å². The van der Waals surface area contributed by atoms with Crippen molar-refractivity contribution in [3.63, 3.8) is 0 Å². The van der Waals surface area contributed by atoms with E-state index in [1.54, 1.807) is 24.4 Å². The largest absolute Gasteiger partial charge is 0.399 e. The summed E-state index contributed by atoms with van der Waals surface area (Å²) in [5, 5.41) is 12.3. The Labute approximate surface area is 150 Å². The van der Waals surface area contributed by atoms with Crippen LogP contribution in [0.25, 0.3) is 11.0 Å². The van der Waals surface area contributed by atoms with Crippen LogP contribution >= 0.6 is 0 Å². The van der Waals surface area contributed by atoms with Crippen LogP contribution in [0.1, 0.15) is 12.0 Å². The molecule has 8 nitrogen and oxygen atoms in total. The third-order valence-electron chi connectivity index (χ3n) is 4.30. The Bertz CT molecular complexity index is 1010. The second-order valence-corrected chi connectivity index (χ2v) is 6.32. The summed E-state index contributed by atoms with van der Waals surface area (Å²) in [4.78, 5) is 15.8. The number of hydrogen-bond donors (Lipinski definition) is 3. The Morgan fingerprint density at radius 1 is 1.27 bits per heavy atom. The minimum absolute atomic E-state index is 0.132. The lowest BCUT2D eigenvalue weighted by atomic mass is 10.2. The van der Waals surface area contributed by atoms with Gasteiger partial charge < -0.3 is 21.7 Å². The van der Waals surface area contributed by atoms with Crippen LogP contribution in [0.3, 0.4) is 0 Å². The Kier molecular flexibility index (Phi) is 3.99. The molecule has 26 heavy (non-hydrogen) atoms. The van der Waals surface area contributed by atoms with Gasteiger partial charge in [-0.05, 0) is 36.8 Å². The third-order valence-corrected chi connectivity index (χ3v) is 4.30.